The summed E-state index contributed by atoms with van der Waals surface area (Å²) in [5, 5.41) is 14.5. The van der Waals surface area contributed by atoms with E-state index in [0.29, 0.717) is 11.7 Å². The highest BCUT2D eigenvalue weighted by molar-refractivity contribution is 7.08. The number of hydrogen-bond donors (Lipinski definition) is 2. The van der Waals surface area contributed by atoms with Gasteiger partial charge in [-0.05, 0) is 31.7 Å². The zero-order valence-electron chi connectivity index (χ0n) is 13.4. The molecule has 6 nitrogen and oxygen atoms in total. The van der Waals surface area contributed by atoms with Crippen molar-refractivity contribution in [2.45, 2.75) is 31.4 Å². The van der Waals surface area contributed by atoms with Gasteiger partial charge < -0.3 is 10.1 Å². The topological polar surface area (TPSA) is 68.2 Å². The molecule has 0 spiro atoms. The molecule has 2 aromatic rings. The van der Waals surface area contributed by atoms with E-state index in [-0.39, 0.29) is 17.2 Å². The van der Waals surface area contributed by atoms with Crippen LogP contribution in [0.4, 0.5) is 10.6 Å². The van der Waals surface area contributed by atoms with Crippen LogP contribution in [-0.4, -0.2) is 33.6 Å². The second-order valence-corrected chi connectivity index (χ2v) is 7.60. The number of nitrogens with zero attached hydrogens (tertiary/aromatic N) is 2. The summed E-state index contributed by atoms with van der Waals surface area (Å²) in [7, 11) is 1.83. The van der Waals surface area contributed by atoms with Crippen molar-refractivity contribution in [2.24, 2.45) is 13.0 Å². The molecule has 1 saturated heterocycles. The van der Waals surface area contributed by atoms with Crippen LogP contribution in [0.5, 0.6) is 0 Å². The number of hydrogen-bond acceptors (Lipinski definition) is 4. The Bertz CT molecular complexity index is 752. The molecule has 0 radical (unpaired) electrons. The number of fused-ring (bicyclic) bond motifs is 1. The molecule has 1 saturated carbocycles. The number of aryl methyl sites for hydroxylation is 1. The van der Waals surface area contributed by atoms with E-state index < -0.39 is 0 Å². The summed E-state index contributed by atoms with van der Waals surface area (Å²) < 4.78 is 7.46. The lowest BCUT2D eigenvalue weighted by atomic mass is 9.96. The minimum Gasteiger partial charge on any atom is -0.373 e. The van der Waals surface area contributed by atoms with Crippen molar-refractivity contribution in [3.8, 4) is 11.3 Å². The van der Waals surface area contributed by atoms with Crippen molar-refractivity contribution in [1.82, 2.24) is 15.1 Å². The van der Waals surface area contributed by atoms with Gasteiger partial charge in [0.1, 0.15) is 5.82 Å². The fourth-order valence-corrected chi connectivity index (χ4v) is 4.14. The number of ether oxygens (including phenoxy) is 1. The minimum absolute atomic E-state index is 0.203. The van der Waals surface area contributed by atoms with Gasteiger partial charge in [0.25, 0.3) is 0 Å². The number of carbonyl (C=O) groups is 1. The number of nitrogens with one attached hydrogen (secondary N) is 2. The average Bonchev–Trinajstić information content (AvgIpc) is 2.83. The summed E-state index contributed by atoms with van der Waals surface area (Å²) in [4.78, 5) is 12.4. The smallest absolute Gasteiger partial charge is 0.320 e. The summed E-state index contributed by atoms with van der Waals surface area (Å²) in [5.74, 6) is 1.10. The zero-order valence-corrected chi connectivity index (χ0v) is 14.2. The number of carbonyl (C=O) groups excluding carboxylic acids is 1. The van der Waals surface area contributed by atoms with Crippen LogP contribution in [0.15, 0.2) is 22.9 Å². The monoisotopic (exact) mass is 332 g/mol. The first-order valence-electron chi connectivity index (χ1n) is 7.71. The molecule has 7 heteroatoms. The van der Waals surface area contributed by atoms with E-state index in [1.807, 2.05) is 43.8 Å². The molecule has 23 heavy (non-hydrogen) atoms. The fraction of sp³-hybridized carbons (Fsp3) is 0.500. The summed E-state index contributed by atoms with van der Waals surface area (Å²) in [6, 6.07) is 3.70. The van der Waals surface area contributed by atoms with E-state index in [1.165, 1.54) is 0 Å². The largest absolute Gasteiger partial charge is 0.373 e. The Labute approximate surface area is 138 Å². The number of rotatable bonds is 3. The SMILES string of the molecule is Cn1nc(-c2ccsc2)cc1NC(=O)NC12CC1COC2(C)C. The molecule has 3 heterocycles. The summed E-state index contributed by atoms with van der Waals surface area (Å²) >= 11 is 1.63. The van der Waals surface area contributed by atoms with Gasteiger partial charge in [-0.15, -0.1) is 0 Å². The van der Waals surface area contributed by atoms with Gasteiger partial charge in [0, 0.05) is 30.0 Å². The fourth-order valence-electron chi connectivity index (χ4n) is 3.50. The Morgan fingerprint density at radius 3 is 2.96 bits per heavy atom. The number of anilines is 1. The van der Waals surface area contributed by atoms with Gasteiger partial charge in [-0.25, -0.2) is 4.79 Å². The number of thiophene rings is 1. The Balaban J connectivity index is 1.48. The van der Waals surface area contributed by atoms with Crippen LogP contribution in [0.3, 0.4) is 0 Å². The van der Waals surface area contributed by atoms with Crippen LogP contribution in [0.1, 0.15) is 20.3 Å². The Kier molecular flexibility index (Phi) is 3.08. The Hall–Kier alpha value is -1.86. The van der Waals surface area contributed by atoms with Crippen molar-refractivity contribution in [3.05, 3.63) is 22.9 Å². The van der Waals surface area contributed by atoms with E-state index in [0.717, 1.165) is 24.3 Å². The van der Waals surface area contributed by atoms with E-state index in [1.54, 1.807) is 16.0 Å². The van der Waals surface area contributed by atoms with Crippen LogP contribution in [0.2, 0.25) is 0 Å². The highest BCUT2D eigenvalue weighted by Gasteiger charge is 2.69. The first kappa shape index (κ1) is 14.7. The summed E-state index contributed by atoms with van der Waals surface area (Å²) in [6.07, 6.45) is 0.985. The number of aromatic nitrogens is 2. The average molecular weight is 332 g/mol. The number of urea groups is 1. The predicted molar refractivity (Wildman–Crippen MR) is 89.5 cm³/mol. The highest BCUT2D eigenvalue weighted by Crippen LogP contribution is 2.57. The lowest BCUT2D eigenvalue weighted by Gasteiger charge is -2.31. The predicted octanol–water partition coefficient (Wildman–Crippen LogP) is 2.84. The van der Waals surface area contributed by atoms with E-state index in [2.05, 4.69) is 15.7 Å². The maximum atomic E-state index is 12.4. The maximum absolute atomic E-state index is 12.4. The first-order valence-corrected chi connectivity index (χ1v) is 8.65. The second kappa shape index (κ2) is 4.82. The van der Waals surface area contributed by atoms with Crippen LogP contribution < -0.4 is 10.6 Å². The van der Waals surface area contributed by atoms with Gasteiger partial charge in [-0.1, -0.05) is 0 Å². The lowest BCUT2D eigenvalue weighted by molar-refractivity contribution is -0.00668. The highest BCUT2D eigenvalue weighted by atomic mass is 32.1. The van der Waals surface area contributed by atoms with E-state index in [9.17, 15) is 4.79 Å². The van der Waals surface area contributed by atoms with Gasteiger partial charge in [0.2, 0.25) is 0 Å². The molecule has 1 aliphatic heterocycles. The quantitative estimate of drug-likeness (QED) is 0.908. The van der Waals surface area contributed by atoms with Crippen molar-refractivity contribution in [1.29, 1.82) is 0 Å². The zero-order chi connectivity index (χ0) is 16.2. The van der Waals surface area contributed by atoms with Crippen LogP contribution in [-0.2, 0) is 11.8 Å². The molecule has 0 aromatic carbocycles. The van der Waals surface area contributed by atoms with Crippen LogP contribution in [0, 0.1) is 5.92 Å². The van der Waals surface area contributed by atoms with Crippen molar-refractivity contribution < 1.29 is 9.53 Å². The molecule has 122 valence electrons. The third-order valence-electron chi connectivity index (χ3n) is 5.10. The molecule has 1 aliphatic carbocycles. The molecule has 2 unspecified atom stereocenters. The molecule has 2 aliphatic rings. The van der Waals surface area contributed by atoms with Crippen molar-refractivity contribution in [3.63, 3.8) is 0 Å². The normalized spacial score (nSPS) is 27.5. The molecule has 4 rings (SSSR count). The molecule has 2 N–H and O–H groups in total. The van der Waals surface area contributed by atoms with Crippen LogP contribution in [0.25, 0.3) is 11.3 Å². The van der Waals surface area contributed by atoms with Crippen molar-refractivity contribution >= 4 is 23.2 Å². The summed E-state index contributed by atoms with van der Waals surface area (Å²) in [5.41, 5.74) is 1.37. The van der Waals surface area contributed by atoms with Gasteiger partial charge in [-0.2, -0.15) is 16.4 Å². The van der Waals surface area contributed by atoms with Gasteiger partial charge in [-0.3, -0.25) is 10.00 Å². The standard InChI is InChI=1S/C16H20N4O2S/c1-15(2)16(7-11(16)8-22-15)18-14(21)17-13-6-12(19-20(13)3)10-4-5-23-9-10/h4-6,9,11H,7-8H2,1-3H3,(H2,17,18,21). The third kappa shape index (κ3) is 2.26. The molecule has 2 aromatic heterocycles. The molecule has 2 amide bonds. The Morgan fingerprint density at radius 1 is 1.52 bits per heavy atom. The Morgan fingerprint density at radius 2 is 2.35 bits per heavy atom. The molecular formula is C16H20N4O2S. The number of amides is 2. The van der Waals surface area contributed by atoms with E-state index >= 15 is 0 Å². The third-order valence-corrected chi connectivity index (χ3v) is 5.78. The van der Waals surface area contributed by atoms with E-state index in [4.69, 9.17) is 4.74 Å². The maximum Gasteiger partial charge on any atom is 0.320 e. The lowest BCUT2D eigenvalue weighted by Crippen LogP contribution is -2.52. The van der Waals surface area contributed by atoms with Gasteiger partial charge in [0.15, 0.2) is 0 Å². The molecular weight excluding hydrogens is 312 g/mol. The van der Waals surface area contributed by atoms with Crippen LogP contribution >= 0.6 is 11.3 Å². The molecule has 0 bridgehead atoms. The molecule has 2 fully saturated rings. The van der Waals surface area contributed by atoms with Gasteiger partial charge in [0.05, 0.1) is 23.4 Å². The first-order chi connectivity index (χ1) is 10.9. The van der Waals surface area contributed by atoms with Gasteiger partial charge >= 0.3 is 6.03 Å². The summed E-state index contributed by atoms with van der Waals surface area (Å²) in [6.45, 7) is 4.80. The minimum atomic E-state index is -0.316. The second-order valence-electron chi connectivity index (χ2n) is 6.82. The van der Waals surface area contributed by atoms with Crippen molar-refractivity contribution in [2.75, 3.05) is 11.9 Å². The molecule has 2 atom stereocenters.